The molecule has 0 aromatic carbocycles. The Morgan fingerprint density at radius 1 is 1.53 bits per heavy atom. The van der Waals surface area contributed by atoms with Crippen LogP contribution in [0.4, 0.5) is 0 Å². The van der Waals surface area contributed by atoms with Gasteiger partial charge in [-0.15, -0.1) is 0 Å². The smallest absolute Gasteiger partial charge is 0.180 e. The van der Waals surface area contributed by atoms with Gasteiger partial charge in [-0.25, -0.2) is 0 Å². The van der Waals surface area contributed by atoms with E-state index in [4.69, 9.17) is 34.3 Å². The molecule has 2 heterocycles. The van der Waals surface area contributed by atoms with E-state index in [0.29, 0.717) is 9.41 Å². The second-order valence-electron chi connectivity index (χ2n) is 3.75. The van der Waals surface area contributed by atoms with Gasteiger partial charge in [0.2, 0.25) is 0 Å². The Kier molecular flexibility index (Phi) is 4.01. The molecule has 0 unspecified atom stereocenters. The highest BCUT2D eigenvalue weighted by molar-refractivity contribution is 7.81. The molecule has 0 amide bonds. The summed E-state index contributed by atoms with van der Waals surface area (Å²) in [6.07, 6.45) is -0.322. The Morgan fingerprint density at radius 2 is 2.24 bits per heavy atom. The van der Waals surface area contributed by atoms with Crippen molar-refractivity contribution in [3.63, 3.8) is 0 Å². The number of aliphatic hydroxyl groups excluding tert-OH is 2. The summed E-state index contributed by atoms with van der Waals surface area (Å²) < 4.78 is 8.06. The summed E-state index contributed by atoms with van der Waals surface area (Å²) in [5.41, 5.74) is 0. The first-order valence-electron chi connectivity index (χ1n) is 4.98. The van der Waals surface area contributed by atoms with Crippen LogP contribution in [-0.4, -0.2) is 43.8 Å². The van der Waals surface area contributed by atoms with Gasteiger partial charge in [-0.1, -0.05) is 12.2 Å². The second kappa shape index (κ2) is 5.17. The van der Waals surface area contributed by atoms with Gasteiger partial charge in [-0.2, -0.15) is 12.6 Å². The zero-order chi connectivity index (χ0) is 12.6. The molecule has 5 nitrogen and oxygen atoms in total. The number of H-pyrrole nitrogens is 1. The largest absolute Gasteiger partial charge is 0.394 e. The fourth-order valence-corrected chi connectivity index (χ4v) is 2.64. The van der Waals surface area contributed by atoms with Crippen LogP contribution >= 0.6 is 37.1 Å². The van der Waals surface area contributed by atoms with Crippen LogP contribution in [0.5, 0.6) is 0 Å². The van der Waals surface area contributed by atoms with E-state index in [2.05, 4.69) is 17.6 Å². The lowest BCUT2D eigenvalue weighted by molar-refractivity contribution is -0.0450. The Morgan fingerprint density at radius 3 is 2.76 bits per heavy atom. The number of aliphatic hydroxyl groups is 2. The molecule has 94 valence electrons. The Balaban J connectivity index is 2.35. The van der Waals surface area contributed by atoms with Gasteiger partial charge >= 0.3 is 0 Å². The monoisotopic (exact) mass is 292 g/mol. The van der Waals surface area contributed by atoms with Crippen molar-refractivity contribution in [2.24, 2.45) is 0 Å². The summed E-state index contributed by atoms with van der Waals surface area (Å²) in [5.74, 6) is 0. The van der Waals surface area contributed by atoms with Gasteiger partial charge in [0.25, 0.3) is 0 Å². The number of hydrogen-bond acceptors (Lipinski definition) is 6. The lowest BCUT2D eigenvalue weighted by Gasteiger charge is -2.18. The summed E-state index contributed by atoms with van der Waals surface area (Å²) in [5, 5.41) is 18.4. The molecule has 1 fully saturated rings. The predicted molar refractivity (Wildman–Crippen MR) is 70.2 cm³/mol. The SMILES string of the molecule is OC[C@H]1O[C@@H](n2ccc(=S)[nH]c2=S)[C@H](S)[C@@H]1O. The fourth-order valence-electron chi connectivity index (χ4n) is 1.74. The van der Waals surface area contributed by atoms with Crippen LogP contribution in [0.3, 0.4) is 0 Å². The molecule has 0 spiro atoms. The van der Waals surface area contributed by atoms with Crippen LogP contribution in [0, 0.1) is 9.41 Å². The van der Waals surface area contributed by atoms with Crippen molar-refractivity contribution < 1.29 is 14.9 Å². The fraction of sp³-hybridized carbons (Fsp3) is 0.556. The Bertz CT molecular complexity index is 515. The van der Waals surface area contributed by atoms with Crippen molar-refractivity contribution in [3.8, 4) is 0 Å². The zero-order valence-electron chi connectivity index (χ0n) is 8.68. The van der Waals surface area contributed by atoms with Crippen molar-refractivity contribution in [2.45, 2.75) is 23.7 Å². The minimum absolute atomic E-state index is 0.259. The third kappa shape index (κ3) is 2.47. The molecule has 0 aliphatic carbocycles. The number of ether oxygens (including phenoxy) is 1. The average Bonchev–Trinajstić information content (AvgIpc) is 2.57. The lowest BCUT2D eigenvalue weighted by atomic mass is 10.2. The highest BCUT2D eigenvalue weighted by Gasteiger charge is 2.42. The van der Waals surface area contributed by atoms with E-state index in [9.17, 15) is 5.11 Å². The molecule has 2 rings (SSSR count). The standard InChI is InChI=1S/C9H12N2O3S3/c12-3-4-6(13)7(16)8(14-4)11-2-1-5(15)10-9(11)17/h1-2,4,6-8,12-13,16H,3H2,(H,10,15,17)/t4-,6-,7-,8-/m1/s1. The topological polar surface area (TPSA) is 70.4 Å². The quantitative estimate of drug-likeness (QED) is 0.480. The summed E-state index contributed by atoms with van der Waals surface area (Å²) in [6.45, 7) is -0.259. The normalized spacial score (nSPS) is 32.9. The van der Waals surface area contributed by atoms with E-state index in [-0.39, 0.29) is 6.61 Å². The highest BCUT2D eigenvalue weighted by atomic mass is 32.1. The van der Waals surface area contributed by atoms with Crippen molar-refractivity contribution in [2.75, 3.05) is 6.61 Å². The molecule has 17 heavy (non-hydrogen) atoms. The van der Waals surface area contributed by atoms with Gasteiger partial charge in [0.1, 0.15) is 10.7 Å². The molecular weight excluding hydrogens is 280 g/mol. The van der Waals surface area contributed by atoms with Gasteiger partial charge in [0.15, 0.2) is 11.0 Å². The molecule has 8 heteroatoms. The molecule has 3 N–H and O–H groups in total. The van der Waals surface area contributed by atoms with Crippen molar-refractivity contribution in [1.29, 1.82) is 0 Å². The molecular formula is C9H12N2O3S3. The van der Waals surface area contributed by atoms with E-state index in [0.717, 1.165) is 0 Å². The van der Waals surface area contributed by atoms with Gasteiger partial charge in [0, 0.05) is 6.20 Å². The summed E-state index contributed by atoms with van der Waals surface area (Å²) >= 11 is 14.4. The molecule has 1 aliphatic heterocycles. The minimum Gasteiger partial charge on any atom is -0.394 e. The first kappa shape index (κ1) is 13.2. The van der Waals surface area contributed by atoms with Gasteiger partial charge in [0.05, 0.1) is 18.0 Å². The second-order valence-corrected chi connectivity index (χ2v) is 5.17. The number of rotatable bonds is 2. The zero-order valence-corrected chi connectivity index (χ0v) is 11.2. The van der Waals surface area contributed by atoms with Gasteiger partial charge < -0.3 is 19.9 Å². The van der Waals surface area contributed by atoms with E-state index in [1.807, 2.05) is 0 Å². The molecule has 1 saturated heterocycles. The number of aromatic amines is 1. The maximum absolute atomic E-state index is 9.80. The Hall–Kier alpha value is -0.250. The molecule has 0 radical (unpaired) electrons. The number of hydrogen-bond donors (Lipinski definition) is 4. The van der Waals surface area contributed by atoms with E-state index in [1.54, 1.807) is 16.8 Å². The Labute approximate surface area is 113 Å². The molecule has 0 saturated carbocycles. The first-order chi connectivity index (χ1) is 8.04. The molecule has 1 aromatic rings. The van der Waals surface area contributed by atoms with Crippen LogP contribution in [0.15, 0.2) is 12.3 Å². The number of nitrogens with zero attached hydrogens (tertiary/aromatic N) is 1. The summed E-state index contributed by atoms with van der Waals surface area (Å²) in [4.78, 5) is 2.82. The predicted octanol–water partition coefficient (Wildman–Crippen LogP) is 0.824. The maximum Gasteiger partial charge on any atom is 0.180 e. The van der Waals surface area contributed by atoms with E-state index >= 15 is 0 Å². The van der Waals surface area contributed by atoms with Crippen LogP contribution in [0.1, 0.15) is 6.23 Å². The van der Waals surface area contributed by atoms with Crippen LogP contribution in [0.2, 0.25) is 0 Å². The van der Waals surface area contributed by atoms with Gasteiger partial charge in [-0.05, 0) is 18.3 Å². The lowest BCUT2D eigenvalue weighted by Crippen LogP contribution is -2.30. The summed E-state index contributed by atoms with van der Waals surface area (Å²) in [6, 6.07) is 1.67. The number of nitrogens with one attached hydrogen (secondary N) is 1. The first-order valence-corrected chi connectivity index (χ1v) is 6.32. The number of thiol groups is 1. The van der Waals surface area contributed by atoms with E-state index in [1.165, 1.54) is 0 Å². The average molecular weight is 292 g/mol. The molecule has 4 atom stereocenters. The van der Waals surface area contributed by atoms with Crippen molar-refractivity contribution in [1.82, 2.24) is 9.55 Å². The molecule has 0 bridgehead atoms. The molecule has 1 aliphatic rings. The van der Waals surface area contributed by atoms with Crippen LogP contribution < -0.4 is 0 Å². The van der Waals surface area contributed by atoms with Gasteiger partial charge in [-0.3, -0.25) is 4.57 Å². The maximum atomic E-state index is 9.80. The van der Waals surface area contributed by atoms with Crippen LogP contribution in [-0.2, 0) is 4.74 Å². The van der Waals surface area contributed by atoms with Crippen molar-refractivity contribution in [3.05, 3.63) is 21.7 Å². The third-order valence-electron chi connectivity index (χ3n) is 2.64. The summed E-state index contributed by atoms with van der Waals surface area (Å²) in [7, 11) is 0. The third-order valence-corrected chi connectivity index (χ3v) is 3.75. The van der Waals surface area contributed by atoms with E-state index < -0.39 is 23.7 Å². The minimum atomic E-state index is -0.835. The highest BCUT2D eigenvalue weighted by Crippen LogP contribution is 2.32. The number of aromatic nitrogens is 2. The molecule has 1 aromatic heterocycles. The van der Waals surface area contributed by atoms with Crippen molar-refractivity contribution >= 4 is 37.1 Å². The van der Waals surface area contributed by atoms with Crippen LogP contribution in [0.25, 0.3) is 0 Å².